The maximum absolute atomic E-state index is 5.79. The van der Waals surface area contributed by atoms with Gasteiger partial charge in [-0.15, -0.1) is 0 Å². The van der Waals surface area contributed by atoms with Crippen molar-refractivity contribution in [1.82, 2.24) is 0 Å². The fourth-order valence-corrected chi connectivity index (χ4v) is 2.87. The number of rotatable bonds is 5. The molecule has 0 amide bonds. The van der Waals surface area contributed by atoms with E-state index in [4.69, 9.17) is 14.6 Å². The average Bonchev–Trinajstić information content (AvgIpc) is 1.79. The first kappa shape index (κ1) is 13.3. The van der Waals surface area contributed by atoms with Crippen LogP contribution in [0.5, 0.6) is 0 Å². The van der Waals surface area contributed by atoms with E-state index in [9.17, 15) is 0 Å². The molecule has 3 nitrogen and oxygen atoms in total. The lowest BCUT2D eigenvalue weighted by Gasteiger charge is -2.30. The summed E-state index contributed by atoms with van der Waals surface area (Å²) in [5.41, 5.74) is 5.58. The van der Waals surface area contributed by atoms with Gasteiger partial charge in [0, 0.05) is 6.54 Å². The average molecular weight is 221 g/mol. The van der Waals surface area contributed by atoms with E-state index in [2.05, 4.69) is 39.3 Å². The van der Waals surface area contributed by atoms with Crippen LogP contribution >= 0.6 is 0 Å². The molecular formula is C8H23NO2Si2. The summed E-state index contributed by atoms with van der Waals surface area (Å²) in [7, 11) is -3.05. The third-order valence-electron chi connectivity index (χ3n) is 1.16. The van der Waals surface area contributed by atoms with Crippen LogP contribution in [0.4, 0.5) is 0 Å². The Morgan fingerprint density at radius 1 is 0.923 bits per heavy atom. The highest BCUT2D eigenvalue weighted by atomic mass is 28.4. The second-order valence-corrected chi connectivity index (χ2v) is 14.0. The molecule has 0 atom stereocenters. The molecule has 0 aliphatic rings. The van der Waals surface area contributed by atoms with E-state index in [0.717, 1.165) is 0 Å². The van der Waals surface area contributed by atoms with Gasteiger partial charge in [0.1, 0.15) is 6.29 Å². The van der Waals surface area contributed by atoms with Gasteiger partial charge in [0.15, 0.2) is 16.6 Å². The van der Waals surface area contributed by atoms with E-state index >= 15 is 0 Å². The molecule has 0 saturated heterocycles. The fraction of sp³-hybridized carbons (Fsp3) is 1.00. The summed E-state index contributed by atoms with van der Waals surface area (Å²) in [5, 5.41) is 0. The topological polar surface area (TPSA) is 44.5 Å². The van der Waals surface area contributed by atoms with Crippen LogP contribution in [0.2, 0.25) is 39.3 Å². The fourth-order valence-electron chi connectivity index (χ4n) is 0.909. The first-order valence-corrected chi connectivity index (χ1v) is 11.5. The molecule has 0 aromatic rings. The van der Waals surface area contributed by atoms with Gasteiger partial charge in [0.05, 0.1) is 0 Å². The van der Waals surface area contributed by atoms with Gasteiger partial charge in [-0.2, -0.15) is 0 Å². The van der Waals surface area contributed by atoms with E-state index in [1.807, 2.05) is 0 Å². The van der Waals surface area contributed by atoms with Crippen LogP contribution in [0.15, 0.2) is 0 Å². The molecule has 5 heteroatoms. The highest BCUT2D eigenvalue weighted by Crippen LogP contribution is 2.12. The predicted octanol–water partition coefficient (Wildman–Crippen LogP) is 1.97. The van der Waals surface area contributed by atoms with Gasteiger partial charge in [-0.25, -0.2) is 0 Å². The third-order valence-corrected chi connectivity index (χ3v) is 3.10. The third kappa shape index (κ3) is 8.64. The highest BCUT2D eigenvalue weighted by molar-refractivity contribution is 6.70. The molecule has 0 saturated carbocycles. The van der Waals surface area contributed by atoms with Gasteiger partial charge in [-0.1, -0.05) is 0 Å². The van der Waals surface area contributed by atoms with Crippen LogP contribution in [0.3, 0.4) is 0 Å². The van der Waals surface area contributed by atoms with Crippen LogP contribution in [-0.2, 0) is 8.85 Å². The molecule has 13 heavy (non-hydrogen) atoms. The molecule has 0 rings (SSSR count). The summed E-state index contributed by atoms with van der Waals surface area (Å²) in [6.07, 6.45) is -0.196. The Balaban J connectivity index is 4.05. The van der Waals surface area contributed by atoms with Crippen molar-refractivity contribution >= 4 is 16.6 Å². The zero-order chi connectivity index (χ0) is 10.7. The van der Waals surface area contributed by atoms with Crippen molar-refractivity contribution in [3.8, 4) is 0 Å². The maximum atomic E-state index is 5.79. The highest BCUT2D eigenvalue weighted by Gasteiger charge is 2.25. The molecule has 0 radical (unpaired) electrons. The summed E-state index contributed by atoms with van der Waals surface area (Å²) < 4.78 is 11.6. The predicted molar refractivity (Wildman–Crippen MR) is 61.7 cm³/mol. The lowest BCUT2D eigenvalue weighted by Crippen LogP contribution is -2.43. The Hall–Kier alpha value is 0.314. The standard InChI is InChI=1S/C8H23NO2Si2/c1-12(2,3)10-8(7-9)11-13(4,5)6/h8H,7,9H2,1-6H3. The van der Waals surface area contributed by atoms with Crippen molar-refractivity contribution in [3.05, 3.63) is 0 Å². The van der Waals surface area contributed by atoms with Crippen LogP contribution < -0.4 is 5.73 Å². The van der Waals surface area contributed by atoms with Crippen molar-refractivity contribution < 1.29 is 8.85 Å². The van der Waals surface area contributed by atoms with Crippen LogP contribution in [0.1, 0.15) is 0 Å². The Morgan fingerprint density at radius 2 is 1.23 bits per heavy atom. The monoisotopic (exact) mass is 221 g/mol. The summed E-state index contributed by atoms with van der Waals surface area (Å²) in [5.74, 6) is 0. The van der Waals surface area contributed by atoms with Crippen LogP contribution in [0.25, 0.3) is 0 Å². The summed E-state index contributed by atoms with van der Waals surface area (Å²) >= 11 is 0. The van der Waals surface area contributed by atoms with Gasteiger partial charge < -0.3 is 14.6 Å². The minimum Gasteiger partial charge on any atom is -0.393 e. The molecule has 0 aromatic heterocycles. The summed E-state index contributed by atoms with van der Waals surface area (Å²) in [6, 6.07) is 0. The van der Waals surface area contributed by atoms with E-state index in [1.54, 1.807) is 0 Å². The molecule has 2 N–H and O–H groups in total. The molecule has 0 aromatic carbocycles. The van der Waals surface area contributed by atoms with Crippen molar-refractivity contribution in [2.24, 2.45) is 5.73 Å². The lowest BCUT2D eigenvalue weighted by atomic mass is 10.7. The zero-order valence-corrected chi connectivity index (χ0v) is 11.7. The smallest absolute Gasteiger partial charge is 0.187 e. The molecule has 0 aliphatic heterocycles. The lowest BCUT2D eigenvalue weighted by molar-refractivity contribution is 0.000890. The quantitative estimate of drug-likeness (QED) is 0.570. The Bertz CT molecular complexity index is 135. The van der Waals surface area contributed by atoms with E-state index < -0.39 is 16.6 Å². The minimum atomic E-state index is -1.52. The van der Waals surface area contributed by atoms with Gasteiger partial charge in [0.2, 0.25) is 0 Å². The Kier molecular flexibility index (Phi) is 4.81. The summed E-state index contributed by atoms with van der Waals surface area (Å²) in [6.45, 7) is 13.3. The molecular weight excluding hydrogens is 198 g/mol. The van der Waals surface area contributed by atoms with Crippen LogP contribution in [-0.4, -0.2) is 29.5 Å². The summed E-state index contributed by atoms with van der Waals surface area (Å²) in [4.78, 5) is 0. The van der Waals surface area contributed by atoms with Gasteiger partial charge in [-0.05, 0) is 39.3 Å². The van der Waals surface area contributed by atoms with Crippen molar-refractivity contribution in [2.45, 2.75) is 45.6 Å². The first-order chi connectivity index (χ1) is 5.64. The number of nitrogens with two attached hydrogens (primary N) is 1. The van der Waals surface area contributed by atoms with Crippen molar-refractivity contribution in [2.75, 3.05) is 6.54 Å². The van der Waals surface area contributed by atoms with Crippen molar-refractivity contribution in [1.29, 1.82) is 0 Å². The van der Waals surface area contributed by atoms with E-state index in [1.165, 1.54) is 0 Å². The molecule has 0 bridgehead atoms. The minimum absolute atomic E-state index is 0.196. The molecule has 0 spiro atoms. The largest absolute Gasteiger partial charge is 0.393 e. The second kappa shape index (κ2) is 4.70. The normalized spacial score (nSPS) is 13.8. The zero-order valence-electron chi connectivity index (χ0n) is 9.68. The molecule has 0 unspecified atom stereocenters. The number of hydrogen-bond donors (Lipinski definition) is 1. The number of hydrogen-bond acceptors (Lipinski definition) is 3. The molecule has 0 fully saturated rings. The van der Waals surface area contributed by atoms with Gasteiger partial charge in [-0.3, -0.25) is 0 Å². The Morgan fingerprint density at radius 3 is 1.38 bits per heavy atom. The SMILES string of the molecule is C[Si](C)(C)OC(CN)O[Si](C)(C)C. The van der Waals surface area contributed by atoms with Gasteiger partial charge in [0.25, 0.3) is 0 Å². The molecule has 0 aliphatic carbocycles. The molecule has 80 valence electrons. The van der Waals surface area contributed by atoms with E-state index in [-0.39, 0.29) is 6.29 Å². The van der Waals surface area contributed by atoms with Crippen molar-refractivity contribution in [3.63, 3.8) is 0 Å². The molecule has 0 heterocycles. The van der Waals surface area contributed by atoms with Crippen LogP contribution in [0, 0.1) is 0 Å². The van der Waals surface area contributed by atoms with E-state index in [0.29, 0.717) is 6.54 Å². The van der Waals surface area contributed by atoms with Gasteiger partial charge >= 0.3 is 0 Å². The second-order valence-electron chi connectivity index (χ2n) is 5.13. The first-order valence-electron chi connectivity index (χ1n) is 4.70. The Labute approximate surface area is 83.9 Å². The maximum Gasteiger partial charge on any atom is 0.187 e.